The van der Waals surface area contributed by atoms with Crippen molar-refractivity contribution in [1.29, 1.82) is 0 Å². The van der Waals surface area contributed by atoms with Crippen molar-refractivity contribution < 1.29 is 14.3 Å². The number of esters is 1. The fraction of sp³-hybridized carbons (Fsp3) is 0.562. The van der Waals surface area contributed by atoms with Crippen LogP contribution in [0.5, 0.6) is 5.75 Å². The number of hydrogen-bond donors (Lipinski definition) is 0. The molecule has 1 aromatic rings. The van der Waals surface area contributed by atoms with Gasteiger partial charge < -0.3 is 9.47 Å². The second kappa shape index (κ2) is 4.87. The monoisotopic (exact) mass is 262 g/mol. The lowest BCUT2D eigenvalue weighted by Gasteiger charge is -2.19. The molecule has 0 aliphatic heterocycles. The Balaban J connectivity index is 2.48. The van der Waals surface area contributed by atoms with Crippen molar-refractivity contribution in [3.05, 3.63) is 29.3 Å². The van der Waals surface area contributed by atoms with Crippen LogP contribution in [0.15, 0.2) is 18.2 Å². The molecule has 1 saturated carbocycles. The van der Waals surface area contributed by atoms with Crippen LogP contribution in [-0.4, -0.2) is 20.2 Å². The molecule has 1 fully saturated rings. The highest BCUT2D eigenvalue weighted by molar-refractivity contribution is 5.88. The molecule has 0 heterocycles. The van der Waals surface area contributed by atoms with E-state index in [0.717, 1.165) is 17.7 Å². The SMILES string of the molecule is COC(=O)C1(c2ccc(C(C)C)cc2OC)CC1C. The molecule has 1 aliphatic rings. The predicted octanol–water partition coefficient (Wildman–Crippen LogP) is 3.27. The molecule has 2 unspecified atom stereocenters. The second-order valence-corrected chi connectivity index (χ2v) is 5.68. The van der Waals surface area contributed by atoms with Crippen molar-refractivity contribution in [2.45, 2.75) is 38.5 Å². The first kappa shape index (κ1) is 13.9. The van der Waals surface area contributed by atoms with Crippen LogP contribution in [0, 0.1) is 5.92 Å². The molecule has 0 N–H and O–H groups in total. The van der Waals surface area contributed by atoms with Crippen molar-refractivity contribution >= 4 is 5.97 Å². The Morgan fingerprint density at radius 3 is 2.42 bits per heavy atom. The van der Waals surface area contributed by atoms with E-state index in [9.17, 15) is 4.79 Å². The Labute approximate surface area is 114 Å². The van der Waals surface area contributed by atoms with Gasteiger partial charge in [-0.25, -0.2) is 0 Å². The van der Waals surface area contributed by atoms with E-state index in [0.29, 0.717) is 11.8 Å². The van der Waals surface area contributed by atoms with E-state index in [2.05, 4.69) is 26.8 Å². The molecule has 1 aliphatic carbocycles. The lowest BCUT2D eigenvalue weighted by molar-refractivity contribution is -0.144. The number of rotatable bonds is 4. The minimum atomic E-state index is -0.504. The first-order valence-electron chi connectivity index (χ1n) is 6.74. The Kier molecular flexibility index (Phi) is 3.57. The van der Waals surface area contributed by atoms with E-state index in [4.69, 9.17) is 9.47 Å². The fourth-order valence-corrected chi connectivity index (χ4v) is 2.81. The van der Waals surface area contributed by atoms with Gasteiger partial charge in [0, 0.05) is 5.56 Å². The van der Waals surface area contributed by atoms with Gasteiger partial charge in [0.2, 0.25) is 0 Å². The summed E-state index contributed by atoms with van der Waals surface area (Å²) in [5.41, 5.74) is 1.67. The third-order valence-electron chi connectivity index (χ3n) is 4.23. The van der Waals surface area contributed by atoms with Gasteiger partial charge in [-0.05, 0) is 29.9 Å². The van der Waals surface area contributed by atoms with Gasteiger partial charge in [0.15, 0.2) is 0 Å². The first-order chi connectivity index (χ1) is 8.97. The van der Waals surface area contributed by atoms with Gasteiger partial charge in [-0.1, -0.05) is 32.9 Å². The first-order valence-corrected chi connectivity index (χ1v) is 6.74. The molecule has 3 heteroatoms. The summed E-state index contributed by atoms with van der Waals surface area (Å²) in [4.78, 5) is 12.1. The largest absolute Gasteiger partial charge is 0.496 e. The van der Waals surface area contributed by atoms with Gasteiger partial charge in [0.25, 0.3) is 0 Å². The Bertz CT molecular complexity index is 493. The van der Waals surface area contributed by atoms with Gasteiger partial charge in [0.05, 0.1) is 19.6 Å². The standard InChI is InChI=1S/C16H22O3/c1-10(2)12-6-7-13(14(8-12)18-4)16(9-11(16)3)15(17)19-5/h6-8,10-11H,9H2,1-5H3. The number of methoxy groups -OCH3 is 2. The molecular formula is C16H22O3. The fourth-order valence-electron chi connectivity index (χ4n) is 2.81. The molecule has 1 aromatic carbocycles. The number of ether oxygens (including phenoxy) is 2. The molecule has 0 saturated heterocycles. The highest BCUT2D eigenvalue weighted by Gasteiger charge is 2.60. The second-order valence-electron chi connectivity index (χ2n) is 5.68. The summed E-state index contributed by atoms with van der Waals surface area (Å²) in [6, 6.07) is 6.14. The summed E-state index contributed by atoms with van der Waals surface area (Å²) >= 11 is 0. The van der Waals surface area contributed by atoms with Gasteiger partial charge in [-0.3, -0.25) is 4.79 Å². The number of carbonyl (C=O) groups excluding carboxylic acids is 1. The third kappa shape index (κ3) is 2.11. The smallest absolute Gasteiger partial charge is 0.316 e. The van der Waals surface area contributed by atoms with Gasteiger partial charge in [0.1, 0.15) is 5.75 Å². The van der Waals surface area contributed by atoms with Crippen molar-refractivity contribution in [2.75, 3.05) is 14.2 Å². The van der Waals surface area contributed by atoms with Gasteiger partial charge in [-0.2, -0.15) is 0 Å². The molecule has 104 valence electrons. The summed E-state index contributed by atoms with van der Waals surface area (Å²) in [6.07, 6.45) is 0.830. The topological polar surface area (TPSA) is 35.5 Å². The third-order valence-corrected chi connectivity index (χ3v) is 4.23. The van der Waals surface area contributed by atoms with E-state index in [1.807, 2.05) is 12.1 Å². The molecule has 2 rings (SSSR count). The molecule has 3 nitrogen and oxygen atoms in total. The van der Waals surface area contributed by atoms with Crippen molar-refractivity contribution in [3.8, 4) is 5.75 Å². The summed E-state index contributed by atoms with van der Waals surface area (Å²) < 4.78 is 10.5. The molecule has 0 bridgehead atoms. The number of hydrogen-bond acceptors (Lipinski definition) is 3. The molecular weight excluding hydrogens is 240 g/mol. The Hall–Kier alpha value is -1.51. The zero-order valence-corrected chi connectivity index (χ0v) is 12.3. The molecule has 0 aromatic heterocycles. The van der Waals surface area contributed by atoms with Crippen LogP contribution >= 0.6 is 0 Å². The van der Waals surface area contributed by atoms with E-state index < -0.39 is 5.41 Å². The average Bonchev–Trinajstić information content (AvgIpc) is 3.09. The lowest BCUT2D eigenvalue weighted by Crippen LogP contribution is -2.24. The maximum Gasteiger partial charge on any atom is 0.316 e. The van der Waals surface area contributed by atoms with E-state index in [1.54, 1.807) is 7.11 Å². The van der Waals surface area contributed by atoms with Crippen molar-refractivity contribution in [3.63, 3.8) is 0 Å². The van der Waals surface area contributed by atoms with E-state index >= 15 is 0 Å². The van der Waals surface area contributed by atoms with Crippen LogP contribution in [0.1, 0.15) is 44.2 Å². The molecule has 0 amide bonds. The summed E-state index contributed by atoms with van der Waals surface area (Å²) in [7, 11) is 3.10. The predicted molar refractivity (Wildman–Crippen MR) is 74.6 cm³/mol. The maximum atomic E-state index is 12.1. The highest BCUT2D eigenvalue weighted by atomic mass is 16.5. The lowest BCUT2D eigenvalue weighted by atomic mass is 9.90. The summed E-state index contributed by atoms with van der Waals surface area (Å²) in [5.74, 6) is 1.38. The highest BCUT2D eigenvalue weighted by Crippen LogP contribution is 2.57. The zero-order valence-electron chi connectivity index (χ0n) is 12.3. The van der Waals surface area contributed by atoms with Gasteiger partial charge in [-0.15, -0.1) is 0 Å². The van der Waals surface area contributed by atoms with Crippen LogP contribution in [0.4, 0.5) is 0 Å². The Morgan fingerprint density at radius 1 is 1.37 bits per heavy atom. The van der Waals surface area contributed by atoms with Crippen LogP contribution in [-0.2, 0) is 14.9 Å². The normalized spacial score (nSPS) is 25.3. The van der Waals surface area contributed by atoms with Crippen molar-refractivity contribution in [2.24, 2.45) is 5.92 Å². The molecule has 0 spiro atoms. The van der Waals surface area contributed by atoms with Crippen LogP contribution in [0.2, 0.25) is 0 Å². The minimum Gasteiger partial charge on any atom is -0.496 e. The number of carbonyl (C=O) groups is 1. The van der Waals surface area contributed by atoms with Crippen LogP contribution in [0.25, 0.3) is 0 Å². The Morgan fingerprint density at radius 2 is 2.00 bits per heavy atom. The summed E-state index contributed by atoms with van der Waals surface area (Å²) in [6.45, 7) is 6.36. The molecule has 2 atom stereocenters. The number of benzene rings is 1. The molecule has 19 heavy (non-hydrogen) atoms. The quantitative estimate of drug-likeness (QED) is 0.781. The van der Waals surface area contributed by atoms with E-state index in [1.165, 1.54) is 12.7 Å². The van der Waals surface area contributed by atoms with Crippen LogP contribution < -0.4 is 4.74 Å². The van der Waals surface area contributed by atoms with Gasteiger partial charge >= 0.3 is 5.97 Å². The summed E-state index contributed by atoms with van der Waals surface area (Å²) in [5, 5.41) is 0. The van der Waals surface area contributed by atoms with Crippen molar-refractivity contribution in [1.82, 2.24) is 0 Å². The zero-order chi connectivity index (χ0) is 14.2. The van der Waals surface area contributed by atoms with E-state index in [-0.39, 0.29) is 5.97 Å². The minimum absolute atomic E-state index is 0.157. The average molecular weight is 262 g/mol. The van der Waals surface area contributed by atoms with Crippen LogP contribution in [0.3, 0.4) is 0 Å². The maximum absolute atomic E-state index is 12.1. The molecule has 0 radical (unpaired) electrons.